The van der Waals surface area contributed by atoms with Crippen LogP contribution in [0.25, 0.3) is 0 Å². The second-order valence-corrected chi connectivity index (χ2v) is 8.34. The van der Waals surface area contributed by atoms with E-state index in [1.54, 1.807) is 36.4 Å². The number of benzene rings is 3. The smallest absolute Gasteiger partial charge is 0.283 e. The van der Waals surface area contributed by atoms with Gasteiger partial charge in [0.15, 0.2) is 0 Å². The molecule has 6 nitrogen and oxygen atoms in total. The second kappa shape index (κ2) is 8.92. The van der Waals surface area contributed by atoms with Crippen LogP contribution in [0.3, 0.4) is 0 Å². The molecule has 0 bridgehead atoms. The van der Waals surface area contributed by atoms with Crippen molar-refractivity contribution in [3.05, 3.63) is 99.7 Å². The lowest BCUT2D eigenvalue weighted by Crippen LogP contribution is -2.32. The maximum absolute atomic E-state index is 13.0. The first kappa shape index (κ1) is 22.3. The molecule has 1 aliphatic heterocycles. The fraction of sp³-hybridized carbons (Fsp3) is 0.115. The molecule has 0 saturated carbocycles. The van der Waals surface area contributed by atoms with Gasteiger partial charge in [-0.25, -0.2) is 4.90 Å². The maximum atomic E-state index is 13.0. The van der Waals surface area contributed by atoms with Crippen molar-refractivity contribution in [2.45, 2.75) is 20.8 Å². The highest BCUT2D eigenvalue weighted by Crippen LogP contribution is 2.32. The van der Waals surface area contributed by atoms with Gasteiger partial charge < -0.3 is 10.6 Å². The zero-order valence-electron chi connectivity index (χ0n) is 18.4. The first-order chi connectivity index (χ1) is 15.7. The topological polar surface area (TPSA) is 78.5 Å². The summed E-state index contributed by atoms with van der Waals surface area (Å²) in [6.45, 7) is 5.74. The molecule has 4 rings (SSSR count). The Morgan fingerprint density at radius 1 is 0.818 bits per heavy atom. The Hall–Kier alpha value is -3.90. The number of halogens is 1. The zero-order valence-corrected chi connectivity index (χ0v) is 19.2. The molecule has 0 radical (unpaired) electrons. The number of nitrogens with one attached hydrogen (secondary N) is 2. The van der Waals surface area contributed by atoms with Crippen molar-refractivity contribution in [1.82, 2.24) is 0 Å². The van der Waals surface area contributed by atoms with E-state index in [9.17, 15) is 14.4 Å². The number of hydrogen-bond donors (Lipinski definition) is 2. The minimum absolute atomic E-state index is 0.0308. The summed E-state index contributed by atoms with van der Waals surface area (Å²) in [7, 11) is 0. The lowest BCUT2D eigenvalue weighted by molar-refractivity contribution is -0.120. The van der Waals surface area contributed by atoms with Crippen LogP contribution in [-0.4, -0.2) is 17.7 Å². The standard InChI is InChI=1S/C26H22ClN3O3/c1-15-11-16(2)13-20(12-15)29-24(31)18-8-6-9-19(14-18)28-23-22(27)25(32)30(26(23)33)21-10-5-4-7-17(21)3/h4-14,28H,1-3H3,(H,29,31). The van der Waals surface area contributed by atoms with E-state index >= 15 is 0 Å². The zero-order chi connectivity index (χ0) is 23.7. The van der Waals surface area contributed by atoms with Crippen LogP contribution in [0.1, 0.15) is 27.0 Å². The van der Waals surface area contributed by atoms with E-state index in [2.05, 4.69) is 10.6 Å². The van der Waals surface area contributed by atoms with Gasteiger partial charge in [-0.05, 0) is 73.9 Å². The van der Waals surface area contributed by atoms with Gasteiger partial charge in [0.25, 0.3) is 17.7 Å². The molecule has 166 valence electrons. The molecule has 7 heteroatoms. The molecule has 0 unspecified atom stereocenters. The molecule has 0 saturated heterocycles. The van der Waals surface area contributed by atoms with Gasteiger partial charge in [0.2, 0.25) is 0 Å². The molecule has 3 aromatic carbocycles. The van der Waals surface area contributed by atoms with E-state index in [1.807, 2.05) is 51.1 Å². The Labute approximate surface area is 196 Å². The SMILES string of the molecule is Cc1cc(C)cc(NC(=O)c2cccc(NC3=C(Cl)C(=O)N(c4ccccc4C)C3=O)c2)c1. The van der Waals surface area contributed by atoms with Crippen LogP contribution >= 0.6 is 11.6 Å². The summed E-state index contributed by atoms with van der Waals surface area (Å²) in [4.78, 5) is 39.6. The lowest BCUT2D eigenvalue weighted by Gasteiger charge is -2.17. The molecule has 3 aromatic rings. The highest BCUT2D eigenvalue weighted by molar-refractivity contribution is 6.53. The average molecular weight is 460 g/mol. The number of para-hydroxylation sites is 1. The number of anilines is 3. The summed E-state index contributed by atoms with van der Waals surface area (Å²) in [5.74, 6) is -1.44. The van der Waals surface area contributed by atoms with Crippen LogP contribution in [-0.2, 0) is 9.59 Å². The van der Waals surface area contributed by atoms with Crippen LogP contribution < -0.4 is 15.5 Å². The normalized spacial score (nSPS) is 13.5. The van der Waals surface area contributed by atoms with Crippen LogP contribution in [0.15, 0.2) is 77.5 Å². The minimum atomic E-state index is -0.595. The van der Waals surface area contributed by atoms with Gasteiger partial charge in [-0.3, -0.25) is 14.4 Å². The van der Waals surface area contributed by atoms with Gasteiger partial charge in [-0.15, -0.1) is 0 Å². The molecule has 0 fully saturated rings. The fourth-order valence-corrected chi connectivity index (χ4v) is 3.99. The number of imide groups is 1. The number of hydrogen-bond acceptors (Lipinski definition) is 4. The number of rotatable bonds is 5. The van der Waals surface area contributed by atoms with Gasteiger partial charge in [-0.2, -0.15) is 0 Å². The quantitative estimate of drug-likeness (QED) is 0.507. The maximum Gasteiger partial charge on any atom is 0.283 e. The largest absolute Gasteiger partial charge is 0.350 e. The monoisotopic (exact) mass is 459 g/mol. The van der Waals surface area contributed by atoms with Gasteiger partial charge in [-0.1, -0.05) is 41.9 Å². The third-order valence-corrected chi connectivity index (χ3v) is 5.61. The minimum Gasteiger partial charge on any atom is -0.350 e. The Morgan fingerprint density at radius 3 is 2.21 bits per heavy atom. The van der Waals surface area contributed by atoms with Crippen molar-refractivity contribution in [1.29, 1.82) is 0 Å². The van der Waals surface area contributed by atoms with E-state index in [4.69, 9.17) is 11.6 Å². The van der Waals surface area contributed by atoms with E-state index in [-0.39, 0.29) is 16.6 Å². The van der Waals surface area contributed by atoms with Crippen LogP contribution in [0.4, 0.5) is 17.1 Å². The van der Waals surface area contributed by atoms with Gasteiger partial charge >= 0.3 is 0 Å². The second-order valence-electron chi connectivity index (χ2n) is 7.96. The molecule has 33 heavy (non-hydrogen) atoms. The van der Waals surface area contributed by atoms with Gasteiger partial charge in [0.1, 0.15) is 10.7 Å². The number of aryl methyl sites for hydroxylation is 3. The van der Waals surface area contributed by atoms with Crippen molar-refractivity contribution in [2.24, 2.45) is 0 Å². The van der Waals surface area contributed by atoms with Gasteiger partial charge in [0.05, 0.1) is 5.69 Å². The predicted octanol–water partition coefficient (Wildman–Crippen LogP) is 5.30. The number of nitrogens with zero attached hydrogens (tertiary/aromatic N) is 1. The van der Waals surface area contributed by atoms with Crippen LogP contribution in [0.2, 0.25) is 0 Å². The molecule has 0 atom stereocenters. The van der Waals surface area contributed by atoms with E-state index < -0.39 is 11.8 Å². The van der Waals surface area contributed by atoms with Crippen molar-refractivity contribution in [3.63, 3.8) is 0 Å². The third-order valence-electron chi connectivity index (χ3n) is 5.26. The van der Waals surface area contributed by atoms with Crippen LogP contribution in [0.5, 0.6) is 0 Å². The number of carbonyl (C=O) groups excluding carboxylic acids is 3. The van der Waals surface area contributed by atoms with Crippen molar-refractivity contribution in [3.8, 4) is 0 Å². The van der Waals surface area contributed by atoms with Crippen molar-refractivity contribution in [2.75, 3.05) is 15.5 Å². The Kier molecular flexibility index (Phi) is 6.03. The lowest BCUT2D eigenvalue weighted by atomic mass is 10.1. The predicted molar refractivity (Wildman–Crippen MR) is 130 cm³/mol. The Balaban J connectivity index is 1.55. The van der Waals surface area contributed by atoms with Crippen molar-refractivity contribution < 1.29 is 14.4 Å². The molecule has 0 aromatic heterocycles. The third kappa shape index (κ3) is 4.52. The summed E-state index contributed by atoms with van der Waals surface area (Å²) in [6, 6.07) is 19.5. The highest BCUT2D eigenvalue weighted by atomic mass is 35.5. The molecule has 0 spiro atoms. The molecule has 0 aliphatic carbocycles. The summed E-state index contributed by atoms with van der Waals surface area (Å²) in [5.41, 5.74) is 4.87. The molecular formula is C26H22ClN3O3. The molecule has 1 aliphatic rings. The summed E-state index contributed by atoms with van der Waals surface area (Å²) in [6.07, 6.45) is 0. The first-order valence-electron chi connectivity index (χ1n) is 10.4. The molecule has 2 N–H and O–H groups in total. The van der Waals surface area contributed by atoms with E-state index in [1.165, 1.54) is 0 Å². The number of carbonyl (C=O) groups is 3. The number of amides is 3. The Bertz CT molecular complexity index is 1310. The summed E-state index contributed by atoms with van der Waals surface area (Å²) >= 11 is 6.24. The Morgan fingerprint density at radius 2 is 1.52 bits per heavy atom. The highest BCUT2D eigenvalue weighted by Gasteiger charge is 2.39. The van der Waals surface area contributed by atoms with E-state index in [0.717, 1.165) is 21.6 Å². The first-order valence-corrected chi connectivity index (χ1v) is 10.7. The molecule has 1 heterocycles. The van der Waals surface area contributed by atoms with Crippen LogP contribution in [0, 0.1) is 20.8 Å². The molecule has 3 amide bonds. The summed E-state index contributed by atoms with van der Waals surface area (Å²) in [5, 5.41) is 5.61. The average Bonchev–Trinajstić information content (AvgIpc) is 2.97. The molecular weight excluding hydrogens is 438 g/mol. The fourth-order valence-electron chi connectivity index (χ4n) is 3.78. The van der Waals surface area contributed by atoms with Gasteiger partial charge in [0, 0.05) is 16.9 Å². The van der Waals surface area contributed by atoms with E-state index in [0.29, 0.717) is 22.6 Å². The van der Waals surface area contributed by atoms with Crippen molar-refractivity contribution >= 4 is 46.4 Å². The summed E-state index contributed by atoms with van der Waals surface area (Å²) < 4.78 is 0.